The van der Waals surface area contributed by atoms with Crippen molar-refractivity contribution in [1.29, 1.82) is 0 Å². The Balaban J connectivity index is 1.94. The highest BCUT2D eigenvalue weighted by molar-refractivity contribution is 5.42. The molecular formula is C18H21NO. The lowest BCUT2D eigenvalue weighted by molar-refractivity contribution is 0.161. The minimum absolute atomic E-state index is 0.0465. The molecule has 0 radical (unpaired) electrons. The molecule has 0 spiro atoms. The zero-order valence-corrected chi connectivity index (χ0v) is 12.3. The summed E-state index contributed by atoms with van der Waals surface area (Å²) in [6, 6.07) is 12.8. The Labute approximate surface area is 120 Å². The fourth-order valence-electron chi connectivity index (χ4n) is 2.79. The highest BCUT2D eigenvalue weighted by Gasteiger charge is 2.27. The zero-order valence-electron chi connectivity index (χ0n) is 12.3. The van der Waals surface area contributed by atoms with Crippen molar-refractivity contribution in [2.75, 3.05) is 0 Å². The van der Waals surface area contributed by atoms with E-state index >= 15 is 0 Å². The number of hydrogen-bond acceptors (Lipinski definition) is 2. The molecule has 2 aromatic rings. The number of ether oxygens (including phenoxy) is 1. The molecule has 1 aliphatic heterocycles. The molecule has 20 heavy (non-hydrogen) atoms. The van der Waals surface area contributed by atoms with Crippen LogP contribution in [0.1, 0.15) is 46.4 Å². The second-order valence-electron chi connectivity index (χ2n) is 5.83. The molecule has 2 atom stereocenters. The van der Waals surface area contributed by atoms with E-state index in [1.54, 1.807) is 0 Å². The Morgan fingerprint density at radius 3 is 2.55 bits per heavy atom. The van der Waals surface area contributed by atoms with Gasteiger partial charge in [0.05, 0.1) is 0 Å². The Bertz CT molecular complexity index is 648. The summed E-state index contributed by atoms with van der Waals surface area (Å²) in [6.45, 7) is 6.35. The van der Waals surface area contributed by atoms with E-state index < -0.39 is 0 Å². The van der Waals surface area contributed by atoms with Gasteiger partial charge in [-0.25, -0.2) is 0 Å². The van der Waals surface area contributed by atoms with E-state index in [2.05, 4.69) is 51.1 Å². The largest absolute Gasteiger partial charge is 0.485 e. The van der Waals surface area contributed by atoms with Gasteiger partial charge in [0.1, 0.15) is 11.9 Å². The second-order valence-corrected chi connectivity index (χ2v) is 5.83. The predicted octanol–water partition coefficient (Wildman–Crippen LogP) is 4.14. The fourth-order valence-corrected chi connectivity index (χ4v) is 2.79. The first kappa shape index (κ1) is 13.2. The molecular weight excluding hydrogens is 246 g/mol. The summed E-state index contributed by atoms with van der Waals surface area (Å²) in [7, 11) is 0. The van der Waals surface area contributed by atoms with Crippen molar-refractivity contribution in [1.82, 2.24) is 0 Å². The molecule has 3 rings (SSSR count). The van der Waals surface area contributed by atoms with Crippen molar-refractivity contribution in [3.8, 4) is 5.75 Å². The lowest BCUT2D eigenvalue weighted by Crippen LogP contribution is -2.24. The summed E-state index contributed by atoms with van der Waals surface area (Å²) < 4.78 is 6.16. The summed E-state index contributed by atoms with van der Waals surface area (Å²) in [6.07, 6.45) is 0.887. The fraction of sp³-hybridized carbons (Fsp3) is 0.333. The summed E-state index contributed by atoms with van der Waals surface area (Å²) in [5.74, 6) is 0.928. The summed E-state index contributed by atoms with van der Waals surface area (Å²) >= 11 is 0. The Hall–Kier alpha value is -1.80. The van der Waals surface area contributed by atoms with Crippen LogP contribution in [0.5, 0.6) is 5.75 Å². The molecule has 0 saturated heterocycles. The third-order valence-corrected chi connectivity index (χ3v) is 4.20. The van der Waals surface area contributed by atoms with E-state index in [0.717, 1.165) is 17.7 Å². The van der Waals surface area contributed by atoms with Gasteiger partial charge in [-0.05, 0) is 43.5 Å². The first-order valence-corrected chi connectivity index (χ1v) is 7.14. The van der Waals surface area contributed by atoms with Gasteiger partial charge in [-0.3, -0.25) is 0 Å². The van der Waals surface area contributed by atoms with E-state index in [-0.39, 0.29) is 12.1 Å². The quantitative estimate of drug-likeness (QED) is 0.843. The maximum atomic E-state index is 6.33. The van der Waals surface area contributed by atoms with Crippen LogP contribution in [0.25, 0.3) is 0 Å². The van der Waals surface area contributed by atoms with Gasteiger partial charge in [-0.2, -0.15) is 0 Å². The smallest absolute Gasteiger partial charge is 0.126 e. The molecule has 0 saturated carbocycles. The first-order valence-electron chi connectivity index (χ1n) is 7.14. The van der Waals surface area contributed by atoms with E-state index in [1.807, 2.05) is 6.07 Å². The van der Waals surface area contributed by atoms with Crippen LogP contribution in [-0.4, -0.2) is 0 Å². The maximum Gasteiger partial charge on any atom is 0.126 e. The average molecular weight is 267 g/mol. The van der Waals surface area contributed by atoms with E-state index in [9.17, 15) is 0 Å². The van der Waals surface area contributed by atoms with Gasteiger partial charge in [-0.1, -0.05) is 35.9 Å². The second kappa shape index (κ2) is 4.95. The molecule has 2 aromatic carbocycles. The van der Waals surface area contributed by atoms with Gasteiger partial charge in [0, 0.05) is 18.0 Å². The lowest BCUT2D eigenvalue weighted by Gasteiger charge is -2.31. The molecule has 0 fully saturated rings. The highest BCUT2D eigenvalue weighted by atomic mass is 16.5. The Kier molecular flexibility index (Phi) is 3.27. The average Bonchev–Trinajstić information content (AvgIpc) is 2.42. The van der Waals surface area contributed by atoms with Crippen molar-refractivity contribution < 1.29 is 4.74 Å². The normalized spacial score (nSPS) is 21.2. The van der Waals surface area contributed by atoms with Crippen LogP contribution in [0.4, 0.5) is 0 Å². The SMILES string of the molecule is Cc1ccc2c(c1)[C@H](N)CC(c1ccc(C)c(C)c1)O2. The van der Waals surface area contributed by atoms with E-state index in [4.69, 9.17) is 10.5 Å². The van der Waals surface area contributed by atoms with Crippen LogP contribution < -0.4 is 10.5 Å². The molecule has 0 bridgehead atoms. The Morgan fingerprint density at radius 2 is 1.80 bits per heavy atom. The van der Waals surface area contributed by atoms with E-state index in [0.29, 0.717) is 0 Å². The summed E-state index contributed by atoms with van der Waals surface area (Å²) in [4.78, 5) is 0. The molecule has 1 aliphatic rings. The third-order valence-electron chi connectivity index (χ3n) is 4.20. The van der Waals surface area contributed by atoms with Crippen LogP contribution in [0, 0.1) is 20.8 Å². The van der Waals surface area contributed by atoms with Crippen molar-refractivity contribution in [3.63, 3.8) is 0 Å². The number of nitrogens with two attached hydrogens (primary N) is 1. The number of hydrogen-bond donors (Lipinski definition) is 1. The molecule has 1 unspecified atom stereocenters. The van der Waals surface area contributed by atoms with Gasteiger partial charge in [-0.15, -0.1) is 0 Å². The van der Waals surface area contributed by atoms with Crippen molar-refractivity contribution in [3.05, 3.63) is 64.2 Å². The number of rotatable bonds is 1. The molecule has 104 valence electrons. The maximum absolute atomic E-state index is 6.33. The molecule has 0 amide bonds. The van der Waals surface area contributed by atoms with Gasteiger partial charge in [0.25, 0.3) is 0 Å². The van der Waals surface area contributed by atoms with Gasteiger partial charge in [0.15, 0.2) is 0 Å². The van der Waals surface area contributed by atoms with Crippen molar-refractivity contribution >= 4 is 0 Å². The predicted molar refractivity (Wildman–Crippen MR) is 82.0 cm³/mol. The molecule has 2 N–H and O–H groups in total. The highest BCUT2D eigenvalue weighted by Crippen LogP contribution is 2.40. The molecule has 2 heteroatoms. The minimum atomic E-state index is 0.0465. The summed E-state index contributed by atoms with van der Waals surface area (Å²) in [5.41, 5.74) is 12.5. The third kappa shape index (κ3) is 2.32. The van der Waals surface area contributed by atoms with Gasteiger partial charge >= 0.3 is 0 Å². The van der Waals surface area contributed by atoms with Crippen LogP contribution in [0.3, 0.4) is 0 Å². The van der Waals surface area contributed by atoms with Crippen molar-refractivity contribution in [2.24, 2.45) is 5.73 Å². The van der Waals surface area contributed by atoms with Crippen LogP contribution in [-0.2, 0) is 0 Å². The number of fused-ring (bicyclic) bond motifs is 1. The zero-order chi connectivity index (χ0) is 14.3. The number of benzene rings is 2. The standard InChI is InChI=1S/C18H21NO/c1-11-4-7-17-15(8-11)16(19)10-18(20-17)14-6-5-12(2)13(3)9-14/h4-9,16,18H,10,19H2,1-3H3/t16-,18?/m1/s1. The topological polar surface area (TPSA) is 35.2 Å². The van der Waals surface area contributed by atoms with Crippen LogP contribution >= 0.6 is 0 Å². The summed E-state index contributed by atoms with van der Waals surface area (Å²) in [5, 5.41) is 0. The van der Waals surface area contributed by atoms with Crippen LogP contribution in [0.15, 0.2) is 36.4 Å². The molecule has 0 aromatic heterocycles. The minimum Gasteiger partial charge on any atom is -0.485 e. The monoisotopic (exact) mass is 267 g/mol. The van der Waals surface area contributed by atoms with Gasteiger partial charge in [0.2, 0.25) is 0 Å². The first-order chi connectivity index (χ1) is 9.54. The molecule has 2 nitrogen and oxygen atoms in total. The van der Waals surface area contributed by atoms with Crippen LogP contribution in [0.2, 0.25) is 0 Å². The molecule has 1 heterocycles. The Morgan fingerprint density at radius 1 is 1.00 bits per heavy atom. The van der Waals surface area contributed by atoms with Crippen molar-refractivity contribution in [2.45, 2.75) is 39.3 Å². The van der Waals surface area contributed by atoms with E-state index in [1.165, 1.54) is 22.3 Å². The number of aryl methyl sites for hydroxylation is 3. The lowest BCUT2D eigenvalue weighted by atomic mass is 9.91. The molecule has 0 aliphatic carbocycles. The van der Waals surface area contributed by atoms with Gasteiger partial charge < -0.3 is 10.5 Å².